The average Bonchev–Trinajstić information content (AvgIpc) is 2.92. The Balaban J connectivity index is 1.67. The van der Waals surface area contributed by atoms with Crippen LogP contribution < -0.4 is 30.2 Å². The number of ether oxygens (including phenoxy) is 3. The number of nitrogens with one attached hydrogen (secondary N) is 4. The summed E-state index contributed by atoms with van der Waals surface area (Å²) in [5.74, 6) is 0.795. The third-order valence-electron chi connectivity index (χ3n) is 5.95. The van der Waals surface area contributed by atoms with Crippen LogP contribution >= 0.6 is 0 Å². The van der Waals surface area contributed by atoms with Crippen LogP contribution in [0.2, 0.25) is 0 Å². The van der Waals surface area contributed by atoms with Crippen molar-refractivity contribution in [3.05, 3.63) is 89.5 Å². The maximum absolute atomic E-state index is 13.3. The summed E-state index contributed by atoms with van der Waals surface area (Å²) in [6.45, 7) is 1.88. The van der Waals surface area contributed by atoms with E-state index >= 15 is 0 Å². The summed E-state index contributed by atoms with van der Waals surface area (Å²) in [7, 11) is 4.65. The van der Waals surface area contributed by atoms with Crippen molar-refractivity contribution in [3.8, 4) is 17.2 Å². The third kappa shape index (κ3) is 7.99. The van der Waals surface area contributed by atoms with Gasteiger partial charge in [0.2, 0.25) is 11.8 Å². The highest BCUT2D eigenvalue weighted by atomic mass is 16.5. The molecule has 0 saturated carbocycles. The van der Waals surface area contributed by atoms with Gasteiger partial charge in [-0.05, 0) is 47.9 Å². The van der Waals surface area contributed by atoms with E-state index in [4.69, 9.17) is 19.6 Å². The molecular formula is C29H34N4O5. The maximum Gasteiger partial charge on any atom is 0.243 e. The summed E-state index contributed by atoms with van der Waals surface area (Å²) < 4.78 is 15.8. The van der Waals surface area contributed by atoms with Gasteiger partial charge in [-0.15, -0.1) is 0 Å². The van der Waals surface area contributed by atoms with Crippen molar-refractivity contribution < 1.29 is 23.8 Å². The Hall–Kier alpha value is -4.53. The van der Waals surface area contributed by atoms with E-state index < -0.39 is 11.9 Å². The van der Waals surface area contributed by atoms with Crippen LogP contribution in [0.4, 0.5) is 0 Å². The smallest absolute Gasteiger partial charge is 0.243 e. The van der Waals surface area contributed by atoms with Crippen molar-refractivity contribution in [2.45, 2.75) is 31.8 Å². The molecule has 3 aromatic carbocycles. The molecule has 9 nitrogen and oxygen atoms in total. The monoisotopic (exact) mass is 518 g/mol. The summed E-state index contributed by atoms with van der Waals surface area (Å²) in [6, 6.07) is 21.0. The molecule has 0 unspecified atom stereocenters. The van der Waals surface area contributed by atoms with Crippen molar-refractivity contribution in [2.75, 3.05) is 21.3 Å². The zero-order valence-corrected chi connectivity index (χ0v) is 22.0. The van der Waals surface area contributed by atoms with E-state index in [9.17, 15) is 9.59 Å². The Bertz CT molecular complexity index is 1250. The molecule has 3 aromatic rings. The minimum absolute atomic E-state index is 0.0207. The van der Waals surface area contributed by atoms with Crippen LogP contribution in [0.5, 0.6) is 17.2 Å². The largest absolute Gasteiger partial charge is 0.497 e. The molecule has 0 aliphatic carbocycles. The van der Waals surface area contributed by atoms with Crippen molar-refractivity contribution in [2.24, 2.45) is 0 Å². The number of hydrogen-bond acceptors (Lipinski definition) is 6. The highest BCUT2D eigenvalue weighted by molar-refractivity contribution is 5.98. The van der Waals surface area contributed by atoms with Crippen molar-refractivity contribution in [3.63, 3.8) is 0 Å². The lowest BCUT2D eigenvalue weighted by molar-refractivity contribution is -0.123. The lowest BCUT2D eigenvalue weighted by atomic mass is 10.0. The van der Waals surface area contributed by atoms with Crippen LogP contribution in [0.15, 0.2) is 72.8 Å². The Morgan fingerprint density at radius 3 is 2.24 bits per heavy atom. The van der Waals surface area contributed by atoms with Gasteiger partial charge in [0, 0.05) is 6.42 Å². The van der Waals surface area contributed by atoms with E-state index in [0.29, 0.717) is 29.2 Å². The first kappa shape index (κ1) is 28.0. The molecule has 200 valence electrons. The minimum Gasteiger partial charge on any atom is -0.497 e. The number of hydrogen-bond donors (Lipinski definition) is 4. The molecule has 0 bridgehead atoms. The number of rotatable bonds is 11. The summed E-state index contributed by atoms with van der Waals surface area (Å²) in [4.78, 5) is 25.9. The van der Waals surface area contributed by atoms with Gasteiger partial charge in [-0.25, -0.2) is 0 Å². The van der Waals surface area contributed by atoms with Crippen molar-refractivity contribution in [1.29, 1.82) is 5.41 Å². The second kappa shape index (κ2) is 13.7. The average molecular weight is 519 g/mol. The van der Waals surface area contributed by atoms with Gasteiger partial charge in [0.25, 0.3) is 0 Å². The van der Waals surface area contributed by atoms with Crippen molar-refractivity contribution in [1.82, 2.24) is 16.0 Å². The zero-order valence-electron chi connectivity index (χ0n) is 22.0. The second-order valence-electron chi connectivity index (χ2n) is 8.68. The molecule has 9 heteroatoms. The van der Waals surface area contributed by atoms with Gasteiger partial charge in [-0.2, -0.15) is 0 Å². The quantitative estimate of drug-likeness (QED) is 0.228. The molecule has 2 amide bonds. The van der Waals surface area contributed by atoms with E-state index in [1.165, 1.54) is 14.2 Å². The molecule has 0 radical (unpaired) electrons. The van der Waals surface area contributed by atoms with Gasteiger partial charge >= 0.3 is 0 Å². The van der Waals surface area contributed by atoms with E-state index in [2.05, 4.69) is 16.0 Å². The minimum atomic E-state index is -0.792. The van der Waals surface area contributed by atoms with E-state index in [1.54, 1.807) is 25.3 Å². The fraction of sp³-hybridized carbons (Fsp3) is 0.276. The fourth-order valence-electron chi connectivity index (χ4n) is 3.94. The van der Waals surface area contributed by atoms with Crippen LogP contribution in [0.3, 0.4) is 0 Å². The van der Waals surface area contributed by atoms with E-state index in [1.807, 2.05) is 61.5 Å². The fourth-order valence-corrected chi connectivity index (χ4v) is 3.94. The lowest BCUT2D eigenvalue weighted by Gasteiger charge is -2.23. The van der Waals surface area contributed by atoms with Gasteiger partial charge in [0.15, 0.2) is 17.5 Å². The topological polar surface area (TPSA) is 122 Å². The number of carbonyl (C=O) groups excluding carboxylic acids is 2. The molecule has 0 spiro atoms. The highest BCUT2D eigenvalue weighted by Gasteiger charge is 2.23. The van der Waals surface area contributed by atoms with Crippen LogP contribution in [0, 0.1) is 5.41 Å². The van der Waals surface area contributed by atoms with Crippen LogP contribution in [0.1, 0.15) is 29.7 Å². The lowest BCUT2D eigenvalue weighted by Crippen LogP contribution is -2.53. The molecule has 0 aromatic heterocycles. The molecule has 0 aliphatic heterocycles. The van der Waals surface area contributed by atoms with Gasteiger partial charge in [-0.3, -0.25) is 20.3 Å². The number of carbonyl (C=O) groups is 2. The Kier molecular flexibility index (Phi) is 10.1. The Morgan fingerprint density at radius 1 is 0.816 bits per heavy atom. The first-order chi connectivity index (χ1) is 18.3. The number of guanidine groups is 1. The summed E-state index contributed by atoms with van der Waals surface area (Å²) in [5.41, 5.74) is 2.49. The predicted molar refractivity (Wildman–Crippen MR) is 146 cm³/mol. The summed E-state index contributed by atoms with van der Waals surface area (Å²) in [6.07, 6.45) is 0.346. The molecule has 4 N–H and O–H groups in total. The molecule has 0 heterocycles. The molecule has 2 atom stereocenters. The van der Waals surface area contributed by atoms with Gasteiger partial charge in [-0.1, -0.05) is 48.5 Å². The maximum atomic E-state index is 13.3. The van der Waals surface area contributed by atoms with E-state index in [-0.39, 0.29) is 24.3 Å². The van der Waals surface area contributed by atoms with Crippen LogP contribution in [-0.4, -0.2) is 45.1 Å². The Labute approximate surface area is 223 Å². The third-order valence-corrected chi connectivity index (χ3v) is 5.95. The molecule has 0 fully saturated rings. The van der Waals surface area contributed by atoms with Gasteiger partial charge in [0.05, 0.1) is 33.8 Å². The number of amides is 2. The van der Waals surface area contributed by atoms with Gasteiger partial charge < -0.3 is 24.8 Å². The molecular weight excluding hydrogens is 484 g/mol. The van der Waals surface area contributed by atoms with Crippen molar-refractivity contribution >= 4 is 17.8 Å². The Morgan fingerprint density at radius 2 is 1.55 bits per heavy atom. The zero-order chi connectivity index (χ0) is 27.5. The van der Waals surface area contributed by atoms with E-state index in [0.717, 1.165) is 11.1 Å². The summed E-state index contributed by atoms with van der Waals surface area (Å²) in [5, 5.41) is 16.7. The first-order valence-corrected chi connectivity index (χ1v) is 12.2. The van der Waals surface area contributed by atoms with Gasteiger partial charge in [0.1, 0.15) is 11.8 Å². The number of methoxy groups -OCH3 is 3. The SMILES string of the molecule is COc1cccc([C@H](C)NC(=O)[C@H](Cc2ccccc2)NC(=N)NC(=O)Cc2ccc(OC)c(OC)c2)c1. The molecule has 0 saturated heterocycles. The molecule has 38 heavy (non-hydrogen) atoms. The van der Waals surface area contributed by atoms with Crippen LogP contribution in [-0.2, 0) is 22.4 Å². The standard InChI is InChI=1S/C29H34N4O5/c1-19(22-11-8-12-23(18-22)36-2)31-28(35)24(15-20-9-6-5-7-10-20)32-29(30)33-27(34)17-21-13-14-25(37-3)26(16-21)38-4/h5-14,16,18-19,24H,15,17H2,1-4H3,(H,31,35)(H3,30,32,33,34)/t19-,24-/m0/s1. The molecule has 3 rings (SSSR count). The second-order valence-corrected chi connectivity index (χ2v) is 8.68. The number of benzene rings is 3. The van der Waals surface area contributed by atoms with Crippen LogP contribution in [0.25, 0.3) is 0 Å². The molecule has 0 aliphatic rings. The predicted octanol–water partition coefficient (Wildman–Crippen LogP) is 3.38. The highest BCUT2D eigenvalue weighted by Crippen LogP contribution is 2.27. The normalized spacial score (nSPS) is 12.0. The summed E-state index contributed by atoms with van der Waals surface area (Å²) >= 11 is 0. The first-order valence-electron chi connectivity index (χ1n) is 12.2.